The molecule has 0 fully saturated rings. The highest BCUT2D eigenvalue weighted by Gasteiger charge is 2.30. The van der Waals surface area contributed by atoms with E-state index in [1.54, 1.807) is 37.3 Å². The van der Waals surface area contributed by atoms with Crippen molar-refractivity contribution in [1.29, 1.82) is 0 Å². The molecule has 0 aromatic heterocycles. The summed E-state index contributed by atoms with van der Waals surface area (Å²) in [6.07, 6.45) is 0.801. The van der Waals surface area contributed by atoms with Crippen molar-refractivity contribution >= 4 is 28.0 Å². The molecule has 8 heteroatoms. The first-order valence-corrected chi connectivity index (χ1v) is 12.5. The van der Waals surface area contributed by atoms with E-state index in [0.717, 1.165) is 17.8 Å². The molecule has 0 saturated heterocycles. The highest BCUT2D eigenvalue weighted by atomic mass is 32.7. The third kappa shape index (κ3) is 5.11. The fraction of sp³-hybridized carbons (Fsp3) is 0.294. The molecule has 0 spiro atoms. The van der Waals surface area contributed by atoms with Crippen LogP contribution in [0.3, 0.4) is 0 Å². The predicted molar refractivity (Wildman–Crippen MR) is 101 cm³/mol. The zero-order chi connectivity index (χ0) is 18.3. The maximum Gasteiger partial charge on any atom is 0.440 e. The summed E-state index contributed by atoms with van der Waals surface area (Å²) in [6, 6.07) is 14.3. The molecule has 0 amide bonds. The van der Waals surface area contributed by atoms with Crippen LogP contribution >= 0.6 is 18.2 Å². The van der Waals surface area contributed by atoms with E-state index in [1.807, 2.05) is 6.92 Å². The van der Waals surface area contributed by atoms with Crippen LogP contribution in [0.4, 0.5) is 0 Å². The van der Waals surface area contributed by atoms with Crippen LogP contribution < -0.4 is 4.52 Å². The molecule has 0 heterocycles. The van der Waals surface area contributed by atoms with Crippen molar-refractivity contribution in [1.82, 2.24) is 0 Å². The Morgan fingerprint density at radius 2 is 1.64 bits per heavy atom. The number of benzene rings is 2. The first kappa shape index (κ1) is 20.0. The largest absolute Gasteiger partial charge is 0.440 e. The van der Waals surface area contributed by atoms with E-state index in [9.17, 15) is 13.0 Å². The molecule has 0 aliphatic heterocycles. The number of hydrogen-bond donors (Lipinski definition) is 0. The van der Waals surface area contributed by atoms with Crippen LogP contribution in [0.1, 0.15) is 20.3 Å². The fourth-order valence-corrected chi connectivity index (χ4v) is 6.97. The van der Waals surface area contributed by atoms with Crippen molar-refractivity contribution in [3.8, 4) is 5.75 Å². The lowest BCUT2D eigenvalue weighted by atomic mass is 10.3. The second kappa shape index (κ2) is 8.90. The Morgan fingerprint density at radius 1 is 1.00 bits per heavy atom. The van der Waals surface area contributed by atoms with Crippen LogP contribution in [-0.2, 0) is 18.9 Å². The SMILES string of the molecule is CCCSP(=O)(OCC)Oc1ccccc1S(=O)(=O)c1ccccc1. The van der Waals surface area contributed by atoms with Gasteiger partial charge in [-0.05, 0) is 49.0 Å². The maximum atomic E-state index is 12.9. The molecular weight excluding hydrogens is 379 g/mol. The number of hydrogen-bond acceptors (Lipinski definition) is 6. The topological polar surface area (TPSA) is 69.7 Å². The quantitative estimate of drug-likeness (QED) is 0.540. The van der Waals surface area contributed by atoms with Crippen molar-refractivity contribution in [2.75, 3.05) is 12.4 Å². The number of para-hydroxylation sites is 1. The zero-order valence-corrected chi connectivity index (χ0v) is 16.6. The van der Waals surface area contributed by atoms with Crippen molar-refractivity contribution in [2.45, 2.75) is 30.1 Å². The van der Waals surface area contributed by atoms with E-state index in [4.69, 9.17) is 9.05 Å². The summed E-state index contributed by atoms with van der Waals surface area (Å²) in [7, 11) is -3.79. The van der Waals surface area contributed by atoms with Crippen LogP contribution in [0.2, 0.25) is 0 Å². The predicted octanol–water partition coefficient (Wildman–Crippen LogP) is 5.19. The monoisotopic (exact) mass is 400 g/mol. The molecule has 2 aromatic carbocycles. The first-order valence-electron chi connectivity index (χ1n) is 7.91. The molecule has 136 valence electrons. The van der Waals surface area contributed by atoms with Gasteiger partial charge in [-0.3, -0.25) is 4.52 Å². The van der Waals surface area contributed by atoms with Crippen LogP contribution in [0.15, 0.2) is 64.4 Å². The van der Waals surface area contributed by atoms with Gasteiger partial charge in [-0.25, -0.2) is 13.0 Å². The third-order valence-electron chi connectivity index (χ3n) is 3.14. The Bertz CT molecular complexity index is 837. The zero-order valence-electron chi connectivity index (χ0n) is 14.1. The smallest absolute Gasteiger partial charge is 0.416 e. The lowest BCUT2D eigenvalue weighted by Crippen LogP contribution is -2.05. The summed E-state index contributed by atoms with van der Waals surface area (Å²) < 4.78 is 49.6. The van der Waals surface area contributed by atoms with E-state index in [-0.39, 0.29) is 22.1 Å². The molecule has 0 aliphatic rings. The Hall–Kier alpha value is -1.27. The standard InChI is InChI=1S/C17H21O5PS2/c1-3-14-24-23(18,21-4-2)22-16-12-8-9-13-17(16)25(19,20)15-10-6-5-7-11-15/h5-13H,3-4,14H2,1-2H3. The van der Waals surface area contributed by atoms with Gasteiger partial charge in [0.05, 0.1) is 11.5 Å². The van der Waals surface area contributed by atoms with Crippen molar-refractivity contribution in [2.24, 2.45) is 0 Å². The molecule has 5 nitrogen and oxygen atoms in total. The van der Waals surface area contributed by atoms with E-state index in [1.165, 1.54) is 24.3 Å². The average molecular weight is 400 g/mol. The van der Waals surface area contributed by atoms with Crippen LogP contribution in [0.5, 0.6) is 5.75 Å². The van der Waals surface area contributed by atoms with Gasteiger partial charge in [-0.1, -0.05) is 37.3 Å². The summed E-state index contributed by atoms with van der Waals surface area (Å²) >= 11 is 1.07. The molecule has 0 aliphatic carbocycles. The molecule has 2 aromatic rings. The maximum absolute atomic E-state index is 12.9. The lowest BCUT2D eigenvalue weighted by Gasteiger charge is -2.19. The van der Waals surface area contributed by atoms with Gasteiger partial charge in [0.15, 0.2) is 0 Å². The third-order valence-corrected chi connectivity index (χ3v) is 8.89. The average Bonchev–Trinajstić information content (AvgIpc) is 2.61. The van der Waals surface area contributed by atoms with Crippen LogP contribution in [-0.4, -0.2) is 20.8 Å². The Morgan fingerprint density at radius 3 is 2.28 bits per heavy atom. The molecule has 0 bridgehead atoms. The van der Waals surface area contributed by atoms with E-state index >= 15 is 0 Å². The normalized spacial score (nSPS) is 14.0. The summed E-state index contributed by atoms with van der Waals surface area (Å²) in [6.45, 7) is 0.389. The minimum atomic E-state index is -3.79. The molecular formula is C17H21O5PS2. The van der Waals surface area contributed by atoms with Gasteiger partial charge in [0.2, 0.25) is 9.84 Å². The number of sulfone groups is 1. The summed E-state index contributed by atoms with van der Waals surface area (Å²) in [5, 5.41) is 0. The van der Waals surface area contributed by atoms with Gasteiger partial charge < -0.3 is 4.52 Å². The van der Waals surface area contributed by atoms with Crippen LogP contribution in [0, 0.1) is 0 Å². The Kier molecular flexibility index (Phi) is 7.14. The van der Waals surface area contributed by atoms with Crippen molar-refractivity contribution in [3.63, 3.8) is 0 Å². The lowest BCUT2D eigenvalue weighted by molar-refractivity contribution is 0.294. The van der Waals surface area contributed by atoms with Crippen LogP contribution in [0.25, 0.3) is 0 Å². The minimum Gasteiger partial charge on any atom is -0.416 e. The molecule has 0 saturated carbocycles. The molecule has 1 atom stereocenters. The van der Waals surface area contributed by atoms with Gasteiger partial charge in [0, 0.05) is 5.75 Å². The highest BCUT2D eigenvalue weighted by Crippen LogP contribution is 2.60. The molecule has 1 unspecified atom stereocenters. The highest BCUT2D eigenvalue weighted by molar-refractivity contribution is 8.55. The second-order valence-corrected chi connectivity index (χ2v) is 11.1. The van der Waals surface area contributed by atoms with Gasteiger partial charge in [-0.2, -0.15) is 0 Å². The van der Waals surface area contributed by atoms with Gasteiger partial charge in [0.1, 0.15) is 10.6 Å². The van der Waals surface area contributed by atoms with Crippen molar-refractivity contribution in [3.05, 3.63) is 54.6 Å². The van der Waals surface area contributed by atoms with Gasteiger partial charge >= 0.3 is 6.80 Å². The first-order chi connectivity index (χ1) is 11.9. The van der Waals surface area contributed by atoms with E-state index < -0.39 is 16.6 Å². The van der Waals surface area contributed by atoms with Gasteiger partial charge in [-0.15, -0.1) is 0 Å². The minimum absolute atomic E-state index is 0.0294. The fourth-order valence-electron chi connectivity index (χ4n) is 2.05. The van der Waals surface area contributed by atoms with E-state index in [2.05, 4.69) is 0 Å². The molecule has 0 N–H and O–H groups in total. The Labute approximate surface area is 153 Å². The second-order valence-electron chi connectivity index (χ2n) is 5.05. The molecule has 2 rings (SSSR count). The Balaban J connectivity index is 2.43. The van der Waals surface area contributed by atoms with Gasteiger partial charge in [0.25, 0.3) is 0 Å². The number of rotatable bonds is 9. The van der Waals surface area contributed by atoms with E-state index in [0.29, 0.717) is 5.75 Å². The summed E-state index contributed by atoms with van der Waals surface area (Å²) in [4.78, 5) is 0.122. The van der Waals surface area contributed by atoms with Crippen molar-refractivity contribution < 1.29 is 22.0 Å². The molecule has 25 heavy (non-hydrogen) atoms. The summed E-state index contributed by atoms with van der Waals surface area (Å²) in [5.74, 6) is 0.622. The molecule has 0 radical (unpaired) electrons. The summed E-state index contributed by atoms with van der Waals surface area (Å²) in [5.41, 5.74) is 0.